The normalized spacial score (nSPS) is 16.4. The van der Waals surface area contributed by atoms with Gasteiger partial charge in [-0.1, -0.05) is 142 Å². The third-order valence-corrected chi connectivity index (χ3v) is 14.1. The predicted octanol–water partition coefficient (Wildman–Crippen LogP) is 13.7. The fourth-order valence-electron chi connectivity index (χ4n) is 10.6. The van der Waals surface area contributed by atoms with Gasteiger partial charge in [-0.05, 0) is 141 Å². The molecule has 6 aromatic carbocycles. The average Bonchev–Trinajstić information content (AvgIpc) is 3.57. The topological polar surface area (TPSA) is 19.6 Å². The summed E-state index contributed by atoms with van der Waals surface area (Å²) in [4.78, 5) is 5.21. The maximum absolute atomic E-state index is 7.33. The molecule has 7 aromatic rings. The van der Waals surface area contributed by atoms with Crippen LogP contribution in [0.3, 0.4) is 0 Å². The van der Waals surface area contributed by atoms with E-state index in [1.807, 2.05) is 0 Å². The first-order valence-corrected chi connectivity index (χ1v) is 22.1. The smallest absolute Gasteiger partial charge is 0.297 e. The zero-order chi connectivity index (χ0) is 42.3. The number of benzene rings is 6. The van der Waals surface area contributed by atoms with Crippen molar-refractivity contribution >= 4 is 68.4 Å². The summed E-state index contributed by atoms with van der Waals surface area (Å²) in [6.07, 6.45) is 2.29. The SMILES string of the molecule is Cc1cc2c3c(c1)N(c1ccc(C(C)(C)C)cc1-c1ccccc1)c1c(oc4ccc(C)cc14)B3c1ccc3c(c1N2c1ccc(C(C)(C)C)cc1)C(C)(C)CCC3(C)C. The van der Waals surface area contributed by atoms with Gasteiger partial charge in [-0.3, -0.25) is 0 Å². The summed E-state index contributed by atoms with van der Waals surface area (Å²) < 4.78 is 7.33. The molecular weight excluding hydrogens is 727 g/mol. The Kier molecular flexibility index (Phi) is 8.40. The highest BCUT2D eigenvalue weighted by atomic mass is 16.3. The van der Waals surface area contributed by atoms with E-state index in [2.05, 4.69) is 208 Å². The van der Waals surface area contributed by atoms with Crippen LogP contribution in [0.15, 0.2) is 120 Å². The minimum atomic E-state index is -0.102. The number of anilines is 6. The van der Waals surface area contributed by atoms with Crippen LogP contribution in [0.1, 0.15) is 115 Å². The van der Waals surface area contributed by atoms with Crippen molar-refractivity contribution in [1.29, 1.82) is 0 Å². The van der Waals surface area contributed by atoms with E-state index < -0.39 is 0 Å². The quantitative estimate of drug-likeness (QED) is 0.166. The Morgan fingerprint density at radius 2 is 1.23 bits per heavy atom. The molecule has 10 rings (SSSR count). The lowest BCUT2D eigenvalue weighted by Crippen LogP contribution is -2.61. The van der Waals surface area contributed by atoms with E-state index in [0.717, 1.165) is 40.8 Å². The monoisotopic (exact) mass is 786 g/mol. The van der Waals surface area contributed by atoms with Crippen molar-refractivity contribution in [2.45, 2.75) is 118 Å². The molecule has 0 radical (unpaired) electrons. The van der Waals surface area contributed by atoms with Gasteiger partial charge >= 0.3 is 0 Å². The van der Waals surface area contributed by atoms with Gasteiger partial charge in [0.15, 0.2) is 0 Å². The molecule has 3 aliphatic rings. The highest BCUT2D eigenvalue weighted by molar-refractivity contribution is 7.00. The molecule has 60 heavy (non-hydrogen) atoms. The van der Waals surface area contributed by atoms with Crippen molar-refractivity contribution in [3.8, 4) is 11.1 Å². The maximum Gasteiger partial charge on any atom is 0.297 e. The van der Waals surface area contributed by atoms with E-state index in [9.17, 15) is 0 Å². The summed E-state index contributed by atoms with van der Waals surface area (Å²) >= 11 is 0. The van der Waals surface area contributed by atoms with Crippen LogP contribution in [0.4, 0.5) is 34.1 Å². The largest absolute Gasteiger partial charge is 0.468 e. The maximum atomic E-state index is 7.33. The molecule has 0 N–H and O–H groups in total. The van der Waals surface area contributed by atoms with Gasteiger partial charge in [0.1, 0.15) is 5.58 Å². The number of fused-ring (bicyclic) bond motifs is 8. The molecule has 0 bridgehead atoms. The van der Waals surface area contributed by atoms with Crippen molar-refractivity contribution < 1.29 is 4.42 Å². The Morgan fingerprint density at radius 1 is 0.583 bits per heavy atom. The van der Waals surface area contributed by atoms with Crippen LogP contribution in [0.25, 0.3) is 22.1 Å². The molecule has 0 amide bonds. The summed E-state index contributed by atoms with van der Waals surface area (Å²) in [5.41, 5.74) is 22.4. The molecule has 3 nitrogen and oxygen atoms in total. The van der Waals surface area contributed by atoms with Crippen molar-refractivity contribution in [3.05, 3.63) is 149 Å². The number of furan rings is 1. The molecule has 0 spiro atoms. The van der Waals surface area contributed by atoms with Gasteiger partial charge in [-0.15, -0.1) is 0 Å². The Bertz CT molecular complexity index is 2860. The van der Waals surface area contributed by atoms with E-state index in [1.54, 1.807) is 0 Å². The Labute approximate surface area is 358 Å². The molecular formula is C56H59BN2O. The predicted molar refractivity (Wildman–Crippen MR) is 258 cm³/mol. The van der Waals surface area contributed by atoms with Crippen molar-refractivity contribution in [2.75, 3.05) is 9.80 Å². The summed E-state index contributed by atoms with van der Waals surface area (Å²) in [7, 11) is 0. The molecule has 3 heterocycles. The molecule has 4 heteroatoms. The molecule has 0 saturated carbocycles. The van der Waals surface area contributed by atoms with Crippen LogP contribution in [0, 0.1) is 13.8 Å². The number of hydrogen-bond acceptors (Lipinski definition) is 3. The van der Waals surface area contributed by atoms with Crippen LogP contribution in [0.5, 0.6) is 0 Å². The van der Waals surface area contributed by atoms with Gasteiger partial charge in [0, 0.05) is 33.7 Å². The van der Waals surface area contributed by atoms with Gasteiger partial charge in [-0.2, -0.15) is 0 Å². The van der Waals surface area contributed by atoms with Crippen LogP contribution in [-0.4, -0.2) is 6.71 Å². The summed E-state index contributed by atoms with van der Waals surface area (Å²) in [6, 6.07) is 44.1. The second kappa shape index (κ2) is 13.0. The van der Waals surface area contributed by atoms with Gasteiger partial charge in [0.05, 0.1) is 17.0 Å². The molecule has 1 aliphatic carbocycles. The van der Waals surface area contributed by atoms with Crippen LogP contribution < -0.4 is 26.4 Å². The first kappa shape index (κ1) is 38.7. The van der Waals surface area contributed by atoms with E-state index in [1.165, 1.54) is 78.2 Å². The number of rotatable bonds is 3. The Hall–Kier alpha value is -5.48. The van der Waals surface area contributed by atoms with E-state index >= 15 is 0 Å². The highest BCUT2D eigenvalue weighted by Crippen LogP contribution is 2.55. The molecule has 1 aromatic heterocycles. The minimum absolute atomic E-state index is 0.0175. The fourth-order valence-corrected chi connectivity index (χ4v) is 10.6. The van der Waals surface area contributed by atoms with Crippen molar-refractivity contribution in [2.24, 2.45) is 0 Å². The lowest BCUT2D eigenvalue weighted by atomic mass is 9.35. The first-order valence-electron chi connectivity index (χ1n) is 22.1. The van der Waals surface area contributed by atoms with Crippen LogP contribution >= 0.6 is 0 Å². The van der Waals surface area contributed by atoms with Crippen molar-refractivity contribution in [1.82, 2.24) is 0 Å². The first-order chi connectivity index (χ1) is 28.3. The molecule has 302 valence electrons. The Balaban J connectivity index is 1.35. The Morgan fingerprint density at radius 3 is 1.92 bits per heavy atom. The molecule has 0 saturated heterocycles. The molecule has 0 fully saturated rings. The van der Waals surface area contributed by atoms with Gasteiger partial charge in [-0.25, -0.2) is 0 Å². The van der Waals surface area contributed by atoms with Crippen LogP contribution in [-0.2, 0) is 21.7 Å². The third-order valence-electron chi connectivity index (χ3n) is 14.1. The zero-order valence-electron chi connectivity index (χ0n) is 37.8. The number of nitrogens with zero attached hydrogens (tertiary/aromatic N) is 2. The molecule has 0 unspecified atom stereocenters. The molecule has 2 aliphatic heterocycles. The second-order valence-electron chi connectivity index (χ2n) is 21.5. The van der Waals surface area contributed by atoms with Gasteiger partial charge < -0.3 is 14.2 Å². The van der Waals surface area contributed by atoms with E-state index in [4.69, 9.17) is 4.42 Å². The second-order valence-corrected chi connectivity index (χ2v) is 21.5. The summed E-state index contributed by atoms with van der Waals surface area (Å²) in [5, 5.41) is 1.15. The minimum Gasteiger partial charge on any atom is -0.468 e. The summed E-state index contributed by atoms with van der Waals surface area (Å²) in [5.74, 6) is 0. The summed E-state index contributed by atoms with van der Waals surface area (Å²) in [6.45, 7) is 28.1. The zero-order valence-corrected chi connectivity index (χ0v) is 37.8. The molecule has 0 atom stereocenters. The van der Waals surface area contributed by atoms with Gasteiger partial charge in [0.2, 0.25) is 0 Å². The standard InChI is InChI=1S/C56H59BN2O/c1-34-18-27-47-41(30-34)50-52(60-47)57-43-25-24-42-48(56(11,12)29-28-55(42,9)10)51(43)58(39-22-19-37(20-23-39)53(3,4)5)45-31-35(2)32-46(49(45)57)59(50)44-26-21-38(54(6,7)8)33-40(44)36-16-14-13-15-17-36/h13-27,30-33H,28-29H2,1-12H3. The average molecular weight is 787 g/mol. The highest BCUT2D eigenvalue weighted by Gasteiger charge is 2.50. The third kappa shape index (κ3) is 5.84. The van der Waals surface area contributed by atoms with E-state index in [-0.39, 0.29) is 28.4 Å². The lowest BCUT2D eigenvalue weighted by molar-refractivity contribution is 0.333. The van der Waals surface area contributed by atoms with Gasteiger partial charge in [0.25, 0.3) is 6.71 Å². The number of aryl methyl sites for hydroxylation is 2. The van der Waals surface area contributed by atoms with Crippen molar-refractivity contribution in [3.63, 3.8) is 0 Å². The number of hydrogen-bond donors (Lipinski definition) is 0. The van der Waals surface area contributed by atoms with E-state index in [0.29, 0.717) is 0 Å². The lowest BCUT2D eigenvalue weighted by Gasteiger charge is -2.49. The fraction of sp³-hybridized carbons (Fsp3) is 0.321. The van der Waals surface area contributed by atoms with Crippen LogP contribution in [0.2, 0.25) is 0 Å².